The molecule has 0 amide bonds. The smallest absolute Gasteiger partial charge is 0.330 e. The second-order valence-corrected chi connectivity index (χ2v) is 15.5. The Labute approximate surface area is 318 Å². The van der Waals surface area contributed by atoms with E-state index in [9.17, 15) is 0 Å². The zero-order valence-electron chi connectivity index (χ0n) is 31.0. The lowest BCUT2D eigenvalue weighted by atomic mass is 9.69. The fourth-order valence-corrected chi connectivity index (χ4v) is 8.73. The number of rotatable bonds is 7. The summed E-state index contributed by atoms with van der Waals surface area (Å²) in [5, 5.41) is 0. The number of para-hydroxylation sites is 3. The molecule has 8 aromatic rings. The Balaban J connectivity index is 1.20. The highest BCUT2D eigenvalue weighted by Gasteiger charge is 2.51. The van der Waals surface area contributed by atoms with Crippen molar-refractivity contribution in [2.75, 3.05) is 0 Å². The molecular formula is C50H40BN2O. The second-order valence-electron chi connectivity index (χ2n) is 15.5. The summed E-state index contributed by atoms with van der Waals surface area (Å²) < 4.78 is 8.76. The van der Waals surface area contributed by atoms with Gasteiger partial charge in [-0.05, 0) is 106 Å². The van der Waals surface area contributed by atoms with E-state index in [4.69, 9.17) is 9.64 Å². The molecule has 0 unspecified atom stereocenters. The van der Waals surface area contributed by atoms with Gasteiger partial charge >= 0.3 is 7.48 Å². The molecule has 0 saturated carbocycles. The SMILES string of the molecule is CC(C)C(C)(C)O[B]c1ccc2c(c1)C1(c3ccccc3-c3ccccc31)c1cc(-c3ccccc3-c3nc4ccccc4n3-c3ccccc3)ccc1-2. The normalized spacial score (nSPS) is 13.6. The lowest BCUT2D eigenvalue weighted by Crippen LogP contribution is -2.36. The Kier molecular flexibility index (Phi) is 7.44. The van der Waals surface area contributed by atoms with Crippen molar-refractivity contribution in [1.82, 2.24) is 9.55 Å². The average molecular weight is 696 g/mol. The molecule has 2 aliphatic rings. The van der Waals surface area contributed by atoms with Gasteiger partial charge in [0.1, 0.15) is 5.82 Å². The number of fused-ring (bicyclic) bond motifs is 11. The van der Waals surface area contributed by atoms with Crippen LogP contribution in [0.4, 0.5) is 0 Å². The summed E-state index contributed by atoms with van der Waals surface area (Å²) in [6.45, 7) is 8.75. The van der Waals surface area contributed by atoms with Gasteiger partial charge in [-0.3, -0.25) is 4.57 Å². The van der Waals surface area contributed by atoms with Crippen molar-refractivity contribution in [2.45, 2.75) is 38.7 Å². The Morgan fingerprint density at radius 1 is 0.556 bits per heavy atom. The summed E-state index contributed by atoms with van der Waals surface area (Å²) in [4.78, 5) is 5.28. The first-order valence-corrected chi connectivity index (χ1v) is 19.0. The minimum absolute atomic E-state index is 0.282. The van der Waals surface area contributed by atoms with Crippen molar-refractivity contribution in [3.63, 3.8) is 0 Å². The van der Waals surface area contributed by atoms with Gasteiger partial charge in [0, 0.05) is 16.9 Å². The van der Waals surface area contributed by atoms with Crippen LogP contribution in [0.2, 0.25) is 0 Å². The Morgan fingerprint density at radius 3 is 1.81 bits per heavy atom. The predicted molar refractivity (Wildman–Crippen MR) is 224 cm³/mol. The predicted octanol–water partition coefficient (Wildman–Crippen LogP) is 11.4. The maximum atomic E-state index is 6.47. The van der Waals surface area contributed by atoms with Crippen molar-refractivity contribution >= 4 is 24.0 Å². The van der Waals surface area contributed by atoms with Gasteiger partial charge in [-0.1, -0.05) is 153 Å². The van der Waals surface area contributed by atoms with Gasteiger partial charge in [-0.15, -0.1) is 0 Å². The van der Waals surface area contributed by atoms with Gasteiger partial charge < -0.3 is 4.65 Å². The van der Waals surface area contributed by atoms with Crippen LogP contribution in [0.5, 0.6) is 0 Å². The summed E-state index contributed by atoms with van der Waals surface area (Å²) in [5.74, 6) is 1.30. The average Bonchev–Trinajstić information content (AvgIpc) is 3.84. The molecule has 259 valence electrons. The van der Waals surface area contributed by atoms with Crippen molar-refractivity contribution in [1.29, 1.82) is 0 Å². The number of aromatic nitrogens is 2. The molecule has 1 aromatic heterocycles. The van der Waals surface area contributed by atoms with Crippen LogP contribution in [0.25, 0.3) is 61.5 Å². The Hall–Kier alpha value is -5.97. The fraction of sp³-hybridized carbons (Fsp3) is 0.140. The molecule has 54 heavy (non-hydrogen) atoms. The van der Waals surface area contributed by atoms with Crippen LogP contribution in [-0.4, -0.2) is 22.6 Å². The molecule has 1 radical (unpaired) electrons. The third kappa shape index (κ3) is 4.76. The molecule has 7 aromatic carbocycles. The van der Waals surface area contributed by atoms with Crippen molar-refractivity contribution in [3.8, 4) is 50.5 Å². The second kappa shape index (κ2) is 12.3. The number of hydrogen-bond acceptors (Lipinski definition) is 2. The van der Waals surface area contributed by atoms with E-state index in [0.717, 1.165) is 39.1 Å². The topological polar surface area (TPSA) is 27.1 Å². The zero-order valence-corrected chi connectivity index (χ0v) is 31.0. The van der Waals surface area contributed by atoms with Gasteiger partial charge in [-0.2, -0.15) is 0 Å². The van der Waals surface area contributed by atoms with Crippen LogP contribution in [-0.2, 0) is 10.1 Å². The van der Waals surface area contributed by atoms with E-state index in [0.29, 0.717) is 5.92 Å². The molecule has 0 saturated heterocycles. The van der Waals surface area contributed by atoms with Gasteiger partial charge in [0.25, 0.3) is 0 Å². The lowest BCUT2D eigenvalue weighted by molar-refractivity contribution is 0.0668. The minimum atomic E-state index is -0.489. The Bertz CT molecular complexity index is 2700. The first-order valence-electron chi connectivity index (χ1n) is 19.0. The van der Waals surface area contributed by atoms with Gasteiger partial charge in [-0.25, -0.2) is 4.98 Å². The molecule has 1 spiro atoms. The van der Waals surface area contributed by atoms with Crippen LogP contribution in [0.1, 0.15) is 49.9 Å². The molecule has 2 aliphatic carbocycles. The van der Waals surface area contributed by atoms with Crippen molar-refractivity contribution in [2.24, 2.45) is 5.92 Å². The van der Waals surface area contributed by atoms with Crippen LogP contribution in [0.15, 0.2) is 164 Å². The monoisotopic (exact) mass is 695 g/mol. The summed E-state index contributed by atoms with van der Waals surface area (Å²) >= 11 is 0. The minimum Gasteiger partial charge on any atom is -0.429 e. The van der Waals surface area contributed by atoms with Crippen LogP contribution < -0.4 is 5.46 Å². The highest BCUT2D eigenvalue weighted by atomic mass is 16.5. The Morgan fingerprint density at radius 2 is 1.11 bits per heavy atom. The molecule has 4 heteroatoms. The van der Waals surface area contributed by atoms with Crippen LogP contribution >= 0.6 is 0 Å². The van der Waals surface area contributed by atoms with Gasteiger partial charge in [0.15, 0.2) is 0 Å². The summed E-state index contributed by atoms with van der Waals surface area (Å²) in [5.41, 5.74) is 17.2. The molecule has 10 rings (SSSR count). The standard InChI is InChI=1S/C50H40BN2O/c1-32(2)49(3,4)54-51-34-27-29-40-39-28-26-33(30-44(39)50(45(40)31-34)42-22-12-10-19-37(42)38-20-11-13-23-43(38)50)36-18-8-9-21-41(36)48-52-46-24-14-15-25-47(46)53(48)35-16-6-5-7-17-35/h5-32H,1-4H3. The first-order chi connectivity index (χ1) is 26.4. The van der Waals surface area contributed by atoms with E-state index in [2.05, 4.69) is 196 Å². The van der Waals surface area contributed by atoms with Crippen molar-refractivity contribution < 1.29 is 4.65 Å². The van der Waals surface area contributed by atoms with Gasteiger partial charge in [0.05, 0.1) is 16.4 Å². The third-order valence-corrected chi connectivity index (χ3v) is 12.1. The first kappa shape index (κ1) is 32.7. The highest BCUT2D eigenvalue weighted by molar-refractivity contribution is 6.47. The van der Waals surface area contributed by atoms with E-state index >= 15 is 0 Å². The molecule has 0 atom stereocenters. The van der Waals surface area contributed by atoms with E-state index < -0.39 is 5.41 Å². The van der Waals surface area contributed by atoms with E-state index in [1.165, 1.54) is 50.1 Å². The molecule has 3 nitrogen and oxygen atoms in total. The third-order valence-electron chi connectivity index (χ3n) is 12.1. The molecule has 1 heterocycles. The quantitative estimate of drug-likeness (QED) is 0.155. The van der Waals surface area contributed by atoms with E-state index in [1.54, 1.807) is 0 Å². The number of hydrogen-bond donors (Lipinski definition) is 0. The largest absolute Gasteiger partial charge is 0.429 e. The van der Waals surface area contributed by atoms with E-state index in [-0.39, 0.29) is 5.60 Å². The number of nitrogens with zero attached hydrogens (tertiary/aromatic N) is 2. The number of benzene rings is 7. The number of imidazole rings is 1. The zero-order chi connectivity index (χ0) is 36.6. The molecule has 0 aliphatic heterocycles. The van der Waals surface area contributed by atoms with Crippen LogP contribution in [0, 0.1) is 5.92 Å². The van der Waals surface area contributed by atoms with Gasteiger partial charge in [0.2, 0.25) is 0 Å². The fourth-order valence-electron chi connectivity index (χ4n) is 8.73. The summed E-state index contributed by atoms with van der Waals surface area (Å²) in [7, 11) is 1.96. The molecule has 0 bridgehead atoms. The van der Waals surface area contributed by atoms with Crippen LogP contribution in [0.3, 0.4) is 0 Å². The van der Waals surface area contributed by atoms with E-state index in [1.807, 2.05) is 7.48 Å². The summed E-state index contributed by atoms with van der Waals surface area (Å²) in [6.07, 6.45) is 0. The summed E-state index contributed by atoms with van der Waals surface area (Å²) in [6, 6.07) is 59.7. The molecule has 0 fully saturated rings. The van der Waals surface area contributed by atoms with Crippen molar-refractivity contribution in [3.05, 3.63) is 186 Å². The lowest BCUT2D eigenvalue weighted by Gasteiger charge is -2.32. The maximum absolute atomic E-state index is 6.47. The molecular weight excluding hydrogens is 655 g/mol. The molecule has 0 N–H and O–H groups in total. The maximum Gasteiger partial charge on any atom is 0.330 e. The highest BCUT2D eigenvalue weighted by Crippen LogP contribution is 2.63.